The normalized spacial score (nSPS) is 0. The standard InChI is InChI=1S/8Mo.4H3N.16H2O.10O/h;;;;;;;;4*1H3;16*1H2;;;;;;;;;;/q8*+4;;;;;;;;;;;;;;;;;;;;;10*-2/p-12. The summed E-state index contributed by atoms with van der Waals surface area (Å²) < 4.78 is 0. The summed E-state index contributed by atoms with van der Waals surface area (Å²) in [6.45, 7) is 0. The summed E-state index contributed by atoms with van der Waals surface area (Å²) >= 11 is 0. The van der Waals surface area contributed by atoms with E-state index in [2.05, 4.69) is 0 Å². The molecule has 38 heteroatoms. The molecule has 0 aromatic rings. The van der Waals surface area contributed by atoms with Crippen molar-refractivity contribution in [2.75, 3.05) is 0 Å². The van der Waals surface area contributed by atoms with Crippen LogP contribution in [0.1, 0.15) is 0 Å². The van der Waals surface area contributed by atoms with E-state index in [1.165, 1.54) is 0 Å². The maximum absolute atomic E-state index is 0. The molecule has 0 saturated carbocycles. The molecule has 0 atom stereocenters. The Morgan fingerprint density at radius 2 is 0.105 bits per heavy atom. The zero-order chi connectivity index (χ0) is 0. The zero-order valence-corrected chi connectivity index (χ0v) is 34.6. The van der Waals surface area contributed by atoms with E-state index in [1.807, 2.05) is 0 Å². The van der Waals surface area contributed by atoms with Crippen LogP contribution in [-0.4, -0.2) is 87.6 Å². The summed E-state index contributed by atoms with van der Waals surface area (Å²) in [5.74, 6) is 0. The van der Waals surface area contributed by atoms with E-state index in [-0.39, 0.29) is 336 Å². The largest absolute Gasteiger partial charge is 4.00 e. The molecule has 0 radical (unpaired) electrons. The summed E-state index contributed by atoms with van der Waals surface area (Å²) in [6.07, 6.45) is 0. The second kappa shape index (κ2) is 3620. The summed E-state index contributed by atoms with van der Waals surface area (Å²) in [7, 11) is 0. The van der Waals surface area contributed by atoms with Crippen molar-refractivity contribution in [3.63, 3.8) is 0 Å². The van der Waals surface area contributed by atoms with Crippen LogP contribution in [0.15, 0.2) is 0 Å². The van der Waals surface area contributed by atoms with Crippen LogP contribution in [0.5, 0.6) is 0 Å². The molecule has 0 amide bonds. The van der Waals surface area contributed by atoms with Crippen molar-refractivity contribution in [3.05, 3.63) is 0 Å². The van der Waals surface area contributed by atoms with E-state index in [9.17, 15) is 0 Å². The predicted molar refractivity (Wildman–Crippen MR) is 61.8 cm³/mol. The molecule has 0 unspecified atom stereocenters. The third-order valence-electron chi connectivity index (χ3n) is 0. The SMILES string of the molecule is [Mo+4].[Mo+4].[Mo+4].[Mo+4].[Mo+4].[Mo+4].[Mo+4].[Mo+4].[NH4+].[NH4+].[NH4+].[NH4+].[O-2].[O-2].[O-2].[O-2].[O-2].[O-2].[O-2].[O-2].[O-2].[O-2].[OH-].[OH-].[OH-].[OH-].[OH-].[OH-].[OH-].[OH-].[OH-].[OH-].[OH-].[OH-].[OH-].[OH-].[OH-].[OH-]. The van der Waals surface area contributed by atoms with Crippen molar-refractivity contribution < 1.29 is 311 Å². The Bertz CT molecular complexity index is 45.2. The van der Waals surface area contributed by atoms with E-state index in [1.54, 1.807) is 0 Å². The van der Waals surface area contributed by atoms with Crippen LogP contribution in [-0.2, 0) is 223 Å². The van der Waals surface area contributed by atoms with E-state index >= 15 is 0 Å². The third kappa shape index (κ3) is 3360. The average Bonchev–Trinajstić information content (AvgIpc) is 0. The molecule has 0 rings (SSSR count). The minimum atomic E-state index is 0. The molecule has 30 nitrogen and oxygen atoms in total. The van der Waals surface area contributed by atoms with E-state index < -0.39 is 0 Å². The van der Waals surface area contributed by atoms with Crippen LogP contribution in [0.3, 0.4) is 0 Å². The molecule has 0 bridgehead atoms. The van der Waals surface area contributed by atoms with Gasteiger partial charge in [0.15, 0.2) is 0 Å². The smallest absolute Gasteiger partial charge is 2.00 e. The number of rotatable bonds is 0. The van der Waals surface area contributed by atoms with Gasteiger partial charge in [-0.25, -0.2) is 0 Å². The van der Waals surface area contributed by atoms with Crippen molar-refractivity contribution in [3.8, 4) is 0 Å². The van der Waals surface area contributed by atoms with Crippen molar-refractivity contribution in [1.29, 1.82) is 0 Å². The summed E-state index contributed by atoms with van der Waals surface area (Å²) in [6, 6.07) is 0. The van der Waals surface area contributed by atoms with Crippen molar-refractivity contribution in [2.45, 2.75) is 0 Å². The first-order valence-corrected chi connectivity index (χ1v) is 0. The van der Waals surface area contributed by atoms with Gasteiger partial charge < -0.3 is 167 Å². The Morgan fingerprint density at radius 3 is 0.105 bits per heavy atom. The van der Waals surface area contributed by atoms with Crippen LogP contribution >= 0.6 is 0 Å². The molecule has 0 spiro atoms. The quantitative estimate of drug-likeness (QED) is 0.182. The minimum absolute atomic E-state index is 0. The first-order valence-electron chi connectivity index (χ1n) is 0. The van der Waals surface area contributed by atoms with E-state index in [0.717, 1.165) is 0 Å². The molecule has 0 saturated heterocycles. The van der Waals surface area contributed by atoms with Crippen molar-refractivity contribution in [2.24, 2.45) is 0 Å². The Morgan fingerprint density at radius 1 is 0.105 bits per heavy atom. The van der Waals surface area contributed by atoms with Gasteiger partial charge in [0, 0.05) is 0 Å². The summed E-state index contributed by atoms with van der Waals surface area (Å²) in [5, 5.41) is 0. The maximum atomic E-state index is 0. The molecule has 0 aromatic heterocycles. The van der Waals surface area contributed by atoms with Gasteiger partial charge in [-0.3, -0.25) is 0 Å². The Hall–Kier alpha value is 4.31. The maximum Gasteiger partial charge on any atom is 4.00 e. The molecule has 0 aliphatic carbocycles. The Balaban J connectivity index is 0. The predicted octanol–water partition coefficient (Wildman–Crippen LogP) is -2.53. The van der Waals surface area contributed by atoms with Gasteiger partial charge in [0.25, 0.3) is 0 Å². The van der Waals surface area contributed by atoms with Crippen LogP contribution in [0, 0.1) is 0 Å². The average molecular weight is 1270 g/mol. The fraction of sp³-hybridized carbons (Fsp3) is 0. The third-order valence-corrected chi connectivity index (χ3v) is 0. The van der Waals surface area contributed by atoms with Crippen molar-refractivity contribution in [1.82, 2.24) is 24.6 Å². The van der Waals surface area contributed by atoms with E-state index in [0.29, 0.717) is 0 Å². The van der Waals surface area contributed by atoms with Crippen LogP contribution in [0.4, 0.5) is 0 Å². The summed E-state index contributed by atoms with van der Waals surface area (Å²) in [5.41, 5.74) is 0. The fourth-order valence-electron chi connectivity index (χ4n) is 0. The zero-order valence-electron chi connectivity index (χ0n) is 18.5. The molecule has 0 aliphatic rings. The topological polar surface area (TPSA) is 911 Å². The number of hydrogen-bond acceptors (Lipinski definition) is 16. The van der Waals surface area contributed by atoms with Gasteiger partial charge in [-0.05, 0) is 0 Å². The fourth-order valence-corrected chi connectivity index (χ4v) is 0. The Labute approximate surface area is 332 Å². The van der Waals surface area contributed by atoms with Crippen molar-refractivity contribution >= 4 is 0 Å². The monoisotopic (exact) mass is 1290 g/mol. The second-order valence-corrected chi connectivity index (χ2v) is 0. The van der Waals surface area contributed by atoms with Gasteiger partial charge in [-0.2, -0.15) is 0 Å². The van der Waals surface area contributed by atoms with Crippen LogP contribution in [0.2, 0.25) is 0 Å². The minimum Gasteiger partial charge on any atom is -2.00 e. The molecule has 0 aromatic carbocycles. The van der Waals surface area contributed by atoms with Gasteiger partial charge in [0.2, 0.25) is 0 Å². The molecule has 32 N–H and O–H groups in total. The summed E-state index contributed by atoms with van der Waals surface area (Å²) in [4.78, 5) is 0. The van der Waals surface area contributed by atoms with E-state index in [4.69, 9.17) is 0 Å². The van der Waals surface area contributed by atoms with Crippen LogP contribution < -0.4 is 24.6 Å². The molecule has 0 fully saturated rings. The number of quaternary nitrogens is 4. The molecule has 38 heavy (non-hydrogen) atoms. The van der Waals surface area contributed by atoms with Crippen LogP contribution in [0.25, 0.3) is 0 Å². The molecular formula is H32Mo8N4O26. The first kappa shape index (κ1) is 3890. The first-order chi connectivity index (χ1) is 0. The van der Waals surface area contributed by atoms with Gasteiger partial charge in [0.1, 0.15) is 0 Å². The molecule has 256 valence electrons. The van der Waals surface area contributed by atoms with Gasteiger partial charge in [-0.15, -0.1) is 0 Å². The van der Waals surface area contributed by atoms with Gasteiger partial charge in [-0.1, -0.05) is 0 Å². The van der Waals surface area contributed by atoms with Gasteiger partial charge >= 0.3 is 169 Å². The van der Waals surface area contributed by atoms with Gasteiger partial charge in [0.05, 0.1) is 0 Å². The number of hydrogen-bond donors (Lipinski definition) is 4. The molecule has 0 aliphatic heterocycles. The molecular weight excluding hydrogens is 1240 g/mol. The molecule has 0 heterocycles. The Kier molecular flexibility index (Phi) is 371000. The second-order valence-electron chi connectivity index (χ2n) is 0.